The predicted molar refractivity (Wildman–Crippen MR) is 144 cm³/mol. The Balaban J connectivity index is 1.58. The van der Waals surface area contributed by atoms with Crippen molar-refractivity contribution in [2.45, 2.75) is 26.7 Å². The summed E-state index contributed by atoms with van der Waals surface area (Å²) in [6, 6.07) is 16.5. The van der Waals surface area contributed by atoms with Crippen molar-refractivity contribution in [1.29, 1.82) is 0 Å². The van der Waals surface area contributed by atoms with Crippen LogP contribution >= 0.6 is 0 Å². The molecule has 11 nitrogen and oxygen atoms in total. The Kier molecular flexibility index (Phi) is 6.78. The molecule has 11 heteroatoms. The van der Waals surface area contributed by atoms with Crippen molar-refractivity contribution in [3.63, 3.8) is 0 Å². The Hall–Kier alpha value is -5.45. The van der Waals surface area contributed by atoms with E-state index in [9.17, 15) is 28.8 Å². The van der Waals surface area contributed by atoms with Crippen LogP contribution in [-0.2, 0) is 16.0 Å². The maximum Gasteiger partial charge on any atom is 0.310 e. The van der Waals surface area contributed by atoms with Gasteiger partial charge in [-0.15, -0.1) is 0 Å². The number of nitrogens with zero attached hydrogens (tertiary/aromatic N) is 2. The average Bonchev–Trinajstić information content (AvgIpc) is 3.33. The number of anilines is 1. The van der Waals surface area contributed by atoms with Gasteiger partial charge in [-0.1, -0.05) is 43.3 Å². The lowest BCUT2D eigenvalue weighted by molar-refractivity contribution is -0.134. The molecule has 200 valence electrons. The van der Waals surface area contributed by atoms with Crippen molar-refractivity contribution in [1.82, 2.24) is 10.4 Å². The minimum Gasteiger partial charge on any atom is -0.427 e. The average molecular weight is 539 g/mol. The molecule has 0 aliphatic carbocycles. The summed E-state index contributed by atoms with van der Waals surface area (Å²) in [5.74, 6) is -2.49. The third-order valence-electron chi connectivity index (χ3n) is 6.35. The molecule has 0 atom stereocenters. The third-order valence-corrected chi connectivity index (χ3v) is 6.35. The number of hydrazine groups is 1. The van der Waals surface area contributed by atoms with Crippen molar-refractivity contribution in [3.05, 3.63) is 109 Å². The number of hydrogen-bond acceptors (Lipinski definition) is 9. The lowest BCUT2D eigenvalue weighted by Crippen LogP contribution is -2.45. The molecule has 0 saturated carbocycles. The van der Waals surface area contributed by atoms with E-state index >= 15 is 0 Å². The molecule has 3 amide bonds. The van der Waals surface area contributed by atoms with Crippen LogP contribution in [0.3, 0.4) is 0 Å². The van der Waals surface area contributed by atoms with Gasteiger partial charge in [-0.2, -0.15) is 10.1 Å². The van der Waals surface area contributed by atoms with E-state index in [2.05, 4.69) is 16.0 Å². The fraction of sp³-hybridized carbons (Fsp3) is 0.138. The van der Waals surface area contributed by atoms with Crippen LogP contribution in [0.15, 0.2) is 75.4 Å². The van der Waals surface area contributed by atoms with Gasteiger partial charge in [0.1, 0.15) is 5.75 Å². The summed E-state index contributed by atoms with van der Waals surface area (Å²) in [6.45, 7) is 2.79. The van der Waals surface area contributed by atoms with Crippen molar-refractivity contribution in [2.75, 3.05) is 5.43 Å². The minimum absolute atomic E-state index is 0.0264. The summed E-state index contributed by atoms with van der Waals surface area (Å²) in [4.78, 5) is 75.7. The van der Waals surface area contributed by atoms with Gasteiger partial charge in [0.25, 0.3) is 11.8 Å². The molecule has 4 aromatic rings. The second kappa shape index (κ2) is 10.4. The van der Waals surface area contributed by atoms with Gasteiger partial charge in [0, 0.05) is 24.1 Å². The molecule has 1 aliphatic rings. The lowest BCUT2D eigenvalue weighted by Gasteiger charge is -2.13. The summed E-state index contributed by atoms with van der Waals surface area (Å²) >= 11 is 0. The van der Waals surface area contributed by atoms with E-state index in [0.717, 1.165) is 5.56 Å². The van der Waals surface area contributed by atoms with Gasteiger partial charge in [0.15, 0.2) is 5.36 Å². The van der Waals surface area contributed by atoms with Crippen LogP contribution in [0.5, 0.6) is 5.75 Å². The normalized spacial score (nSPS) is 13.1. The molecule has 0 aromatic heterocycles. The Morgan fingerprint density at radius 2 is 1.57 bits per heavy atom. The van der Waals surface area contributed by atoms with Crippen molar-refractivity contribution in [3.8, 4) is 5.75 Å². The molecule has 4 aromatic carbocycles. The van der Waals surface area contributed by atoms with Crippen LogP contribution in [0, 0.1) is 0 Å². The number of imide groups is 1. The van der Waals surface area contributed by atoms with E-state index in [0.29, 0.717) is 17.0 Å². The number of fused-ring (bicyclic) bond motifs is 2. The number of hydrogen-bond donors (Lipinski definition) is 2. The molecule has 1 aliphatic heterocycles. The summed E-state index contributed by atoms with van der Waals surface area (Å²) in [5.41, 5.74) is 5.02. The number of amides is 3. The Labute approximate surface area is 226 Å². The predicted octanol–water partition coefficient (Wildman–Crippen LogP) is 1.92. The smallest absolute Gasteiger partial charge is 0.310 e. The topological polar surface area (TPSA) is 151 Å². The third kappa shape index (κ3) is 4.64. The zero-order valence-corrected chi connectivity index (χ0v) is 21.4. The van der Waals surface area contributed by atoms with Crippen LogP contribution < -0.4 is 31.8 Å². The van der Waals surface area contributed by atoms with E-state index in [1.807, 2.05) is 30.3 Å². The first kappa shape index (κ1) is 26.2. The minimum atomic E-state index is -0.789. The first-order valence-electron chi connectivity index (χ1n) is 12.3. The fourth-order valence-corrected chi connectivity index (χ4v) is 4.50. The highest BCUT2D eigenvalue weighted by molar-refractivity contribution is 6.24. The highest BCUT2D eigenvalue weighted by Gasteiger charge is 2.40. The number of carbonyl (C=O) groups excluding carboxylic acids is 4. The maximum absolute atomic E-state index is 13.2. The number of benzene rings is 3. The van der Waals surface area contributed by atoms with E-state index < -0.39 is 39.9 Å². The van der Waals surface area contributed by atoms with Crippen LogP contribution in [0.4, 0.5) is 5.69 Å². The van der Waals surface area contributed by atoms with Gasteiger partial charge >= 0.3 is 5.97 Å². The van der Waals surface area contributed by atoms with Crippen LogP contribution in [0.25, 0.3) is 10.8 Å². The maximum atomic E-state index is 13.2. The van der Waals surface area contributed by atoms with Gasteiger partial charge in [-0.25, -0.2) is 0 Å². The van der Waals surface area contributed by atoms with Gasteiger partial charge in [0.05, 0.1) is 16.8 Å². The van der Waals surface area contributed by atoms with Crippen LogP contribution in [-0.4, -0.2) is 28.7 Å². The molecule has 0 spiro atoms. The number of rotatable bonds is 7. The molecule has 1 heterocycles. The summed E-state index contributed by atoms with van der Waals surface area (Å²) in [7, 11) is 0. The van der Waals surface area contributed by atoms with Crippen molar-refractivity contribution in [2.24, 2.45) is 5.10 Å². The van der Waals surface area contributed by atoms with E-state index in [1.165, 1.54) is 31.2 Å². The van der Waals surface area contributed by atoms with E-state index in [1.54, 1.807) is 13.0 Å². The second-order valence-electron chi connectivity index (χ2n) is 9.06. The number of ether oxygens (including phenoxy) is 1. The molecule has 0 radical (unpaired) electrons. The molecule has 2 N–H and O–H groups in total. The Morgan fingerprint density at radius 3 is 2.27 bits per heavy atom. The number of carbonyl (C=O) groups is 4. The quantitative estimate of drug-likeness (QED) is 0.157. The first-order chi connectivity index (χ1) is 19.2. The summed E-state index contributed by atoms with van der Waals surface area (Å²) in [5, 5.41) is 4.31. The van der Waals surface area contributed by atoms with Crippen molar-refractivity contribution < 1.29 is 23.9 Å². The molecule has 5 rings (SSSR count). The highest BCUT2D eigenvalue weighted by atomic mass is 16.5. The van der Waals surface area contributed by atoms with Crippen LogP contribution in [0.2, 0.25) is 0 Å². The van der Waals surface area contributed by atoms with Crippen LogP contribution in [0.1, 0.15) is 52.1 Å². The van der Waals surface area contributed by atoms with E-state index in [-0.39, 0.29) is 39.8 Å². The number of esters is 1. The van der Waals surface area contributed by atoms with Gasteiger partial charge in [-0.05, 0) is 41.8 Å². The molecule has 40 heavy (non-hydrogen) atoms. The summed E-state index contributed by atoms with van der Waals surface area (Å²) < 4.78 is 5.14. The van der Waals surface area contributed by atoms with Gasteiger partial charge in [0.2, 0.25) is 16.8 Å². The standard InChI is InChI=1S/C29H22N4O7/c1-3-22(35)40-18-10-11-19-20(14-18)27(37)25(26(19)36)31-30-21-12-9-17(13-16-7-5-4-6-8-16)23-24(21)29(39)33(28(23)38)32-15(2)34/h4-12,14,30H,3,13H2,1-2H3,(H,32,34). The molecular weight excluding hydrogens is 516 g/mol. The zero-order chi connectivity index (χ0) is 28.6. The SMILES string of the molecule is CCC(=O)Oc1ccc2c(=O)c(=NNc3ccc(Cc4ccccc4)c4c3C(=O)N(NC(C)=O)C4=O)c(=O)c2c1. The molecule has 0 unspecified atom stereocenters. The van der Waals surface area contributed by atoms with Crippen molar-refractivity contribution >= 4 is 40.2 Å². The Morgan fingerprint density at radius 1 is 0.875 bits per heavy atom. The number of nitrogens with one attached hydrogen (secondary N) is 2. The molecule has 0 bridgehead atoms. The monoisotopic (exact) mass is 538 g/mol. The van der Waals surface area contributed by atoms with Gasteiger partial charge in [-0.3, -0.25) is 39.6 Å². The largest absolute Gasteiger partial charge is 0.427 e. The molecular formula is C29H22N4O7. The van der Waals surface area contributed by atoms with E-state index in [4.69, 9.17) is 4.74 Å². The zero-order valence-electron chi connectivity index (χ0n) is 21.4. The first-order valence-corrected chi connectivity index (χ1v) is 12.3. The highest BCUT2D eigenvalue weighted by Crippen LogP contribution is 2.32. The second-order valence-corrected chi connectivity index (χ2v) is 9.06. The Bertz CT molecular complexity index is 1870. The van der Waals surface area contributed by atoms with Gasteiger partial charge < -0.3 is 4.74 Å². The fourth-order valence-electron chi connectivity index (χ4n) is 4.50. The molecule has 0 fully saturated rings. The molecule has 0 saturated heterocycles. The lowest BCUT2D eigenvalue weighted by atomic mass is 9.95. The summed E-state index contributed by atoms with van der Waals surface area (Å²) in [6.07, 6.45) is 0.470.